The molecule has 0 aromatic heterocycles. The van der Waals surface area contributed by atoms with E-state index in [1.807, 2.05) is 0 Å². The Bertz CT molecular complexity index is 342. The molecule has 3 aliphatic rings. The van der Waals surface area contributed by atoms with Gasteiger partial charge >= 0.3 is 5.97 Å². The van der Waals surface area contributed by atoms with Gasteiger partial charge in [-0.05, 0) is 50.4 Å². The molecule has 3 fully saturated rings. The van der Waals surface area contributed by atoms with E-state index in [2.05, 4.69) is 5.32 Å². The number of carboxylic acid groups (broad SMARTS) is 1. The lowest BCUT2D eigenvalue weighted by Gasteiger charge is -2.37. The average molecular weight is 237 g/mol. The van der Waals surface area contributed by atoms with Crippen LogP contribution >= 0.6 is 0 Å². The van der Waals surface area contributed by atoms with Gasteiger partial charge in [-0.15, -0.1) is 0 Å². The van der Waals surface area contributed by atoms with Crippen LogP contribution in [-0.4, -0.2) is 23.0 Å². The number of amides is 1. The van der Waals surface area contributed by atoms with Crippen LogP contribution in [0.25, 0.3) is 0 Å². The third-order valence-corrected chi connectivity index (χ3v) is 4.61. The van der Waals surface area contributed by atoms with Crippen molar-refractivity contribution in [3.05, 3.63) is 0 Å². The van der Waals surface area contributed by atoms with Crippen LogP contribution in [0.4, 0.5) is 0 Å². The van der Waals surface area contributed by atoms with Crippen molar-refractivity contribution >= 4 is 11.9 Å². The number of nitrogens with one attached hydrogen (secondary N) is 1. The van der Waals surface area contributed by atoms with Crippen molar-refractivity contribution in [2.75, 3.05) is 0 Å². The zero-order valence-electron chi connectivity index (χ0n) is 9.95. The van der Waals surface area contributed by atoms with Crippen LogP contribution in [0, 0.1) is 17.3 Å². The van der Waals surface area contributed by atoms with Crippen molar-refractivity contribution in [1.82, 2.24) is 5.32 Å². The summed E-state index contributed by atoms with van der Waals surface area (Å²) in [6.07, 6.45) is 6.66. The molecule has 0 atom stereocenters. The lowest BCUT2D eigenvalue weighted by molar-refractivity contribution is -0.162. The number of hydrogen-bond acceptors (Lipinski definition) is 2. The number of carbonyl (C=O) groups excluding carboxylic acids is 1. The molecule has 2 N–H and O–H groups in total. The predicted octanol–water partition coefficient (Wildman–Crippen LogP) is 1.55. The second kappa shape index (κ2) is 3.72. The van der Waals surface area contributed by atoms with E-state index in [1.165, 1.54) is 25.7 Å². The SMILES string of the molecule is O=C(O)C1(C(=O)NC(C2CC2)C2CC2)CCC1. The molecule has 94 valence electrons. The fraction of sp³-hybridized carbons (Fsp3) is 0.846. The lowest BCUT2D eigenvalue weighted by Crippen LogP contribution is -2.54. The normalized spacial score (nSPS) is 26.4. The van der Waals surface area contributed by atoms with E-state index in [-0.39, 0.29) is 11.9 Å². The number of aliphatic carboxylic acids is 1. The van der Waals surface area contributed by atoms with Gasteiger partial charge in [0.15, 0.2) is 0 Å². The Morgan fingerprint density at radius 2 is 1.65 bits per heavy atom. The maximum Gasteiger partial charge on any atom is 0.319 e. The summed E-state index contributed by atoms with van der Waals surface area (Å²) in [5.74, 6) is 0.0846. The first-order valence-corrected chi connectivity index (χ1v) is 6.68. The van der Waals surface area contributed by atoms with E-state index in [9.17, 15) is 14.7 Å². The molecule has 3 rings (SSSR count). The Kier molecular flexibility index (Phi) is 2.42. The van der Waals surface area contributed by atoms with Crippen molar-refractivity contribution < 1.29 is 14.7 Å². The minimum Gasteiger partial charge on any atom is -0.480 e. The van der Waals surface area contributed by atoms with E-state index in [4.69, 9.17) is 0 Å². The Morgan fingerprint density at radius 1 is 1.12 bits per heavy atom. The van der Waals surface area contributed by atoms with Crippen molar-refractivity contribution in [2.45, 2.75) is 51.0 Å². The molecule has 0 saturated heterocycles. The molecular formula is C13H19NO3. The highest BCUT2D eigenvalue weighted by Crippen LogP contribution is 2.46. The Balaban J connectivity index is 1.66. The molecule has 0 radical (unpaired) electrons. The highest BCUT2D eigenvalue weighted by Gasteiger charge is 2.53. The molecule has 0 unspecified atom stereocenters. The Labute approximate surface area is 101 Å². The van der Waals surface area contributed by atoms with Gasteiger partial charge in [-0.2, -0.15) is 0 Å². The minimum absolute atomic E-state index is 0.222. The zero-order chi connectivity index (χ0) is 12.0. The topological polar surface area (TPSA) is 66.4 Å². The van der Waals surface area contributed by atoms with Crippen LogP contribution < -0.4 is 5.32 Å². The minimum atomic E-state index is -1.10. The summed E-state index contributed by atoms with van der Waals surface area (Å²) in [4.78, 5) is 23.4. The van der Waals surface area contributed by atoms with Gasteiger partial charge in [0, 0.05) is 6.04 Å². The lowest BCUT2D eigenvalue weighted by atomic mass is 9.68. The molecule has 0 spiro atoms. The van der Waals surface area contributed by atoms with Crippen molar-refractivity contribution in [3.8, 4) is 0 Å². The summed E-state index contributed by atoms with van der Waals surface area (Å²) < 4.78 is 0. The summed E-state index contributed by atoms with van der Waals surface area (Å²) in [6.45, 7) is 0. The van der Waals surface area contributed by atoms with E-state index >= 15 is 0 Å². The molecule has 4 heteroatoms. The standard InChI is InChI=1S/C13H19NO3/c15-11(13(12(16)17)6-1-7-13)14-10(8-2-3-8)9-4-5-9/h8-10H,1-7H2,(H,14,15)(H,16,17). The molecule has 4 nitrogen and oxygen atoms in total. The second-order valence-electron chi connectivity index (χ2n) is 5.91. The van der Waals surface area contributed by atoms with Crippen LogP contribution in [0.2, 0.25) is 0 Å². The monoisotopic (exact) mass is 237 g/mol. The largest absolute Gasteiger partial charge is 0.480 e. The number of hydrogen-bond donors (Lipinski definition) is 2. The second-order valence-corrected chi connectivity index (χ2v) is 5.91. The summed E-state index contributed by atoms with van der Waals surface area (Å²) in [7, 11) is 0. The summed E-state index contributed by atoms with van der Waals surface area (Å²) >= 11 is 0. The third kappa shape index (κ3) is 1.83. The van der Waals surface area contributed by atoms with Gasteiger partial charge in [0.25, 0.3) is 0 Å². The van der Waals surface area contributed by atoms with Crippen LogP contribution in [0.1, 0.15) is 44.9 Å². The molecule has 0 aliphatic heterocycles. The van der Waals surface area contributed by atoms with Gasteiger partial charge in [-0.3, -0.25) is 9.59 Å². The molecular weight excluding hydrogens is 218 g/mol. The van der Waals surface area contributed by atoms with Crippen molar-refractivity contribution in [1.29, 1.82) is 0 Å². The van der Waals surface area contributed by atoms with Gasteiger partial charge in [0.05, 0.1) is 0 Å². The maximum absolute atomic E-state index is 12.2. The van der Waals surface area contributed by atoms with E-state index < -0.39 is 11.4 Å². The molecule has 0 bridgehead atoms. The Hall–Kier alpha value is -1.06. The summed E-state index contributed by atoms with van der Waals surface area (Å²) in [5, 5.41) is 12.3. The number of rotatable bonds is 5. The quantitative estimate of drug-likeness (QED) is 0.713. The highest BCUT2D eigenvalue weighted by molar-refractivity contribution is 6.03. The third-order valence-electron chi connectivity index (χ3n) is 4.61. The highest BCUT2D eigenvalue weighted by atomic mass is 16.4. The Morgan fingerprint density at radius 3 is 1.94 bits per heavy atom. The number of carboxylic acids is 1. The van der Waals surface area contributed by atoms with Crippen LogP contribution in [0.3, 0.4) is 0 Å². The van der Waals surface area contributed by atoms with Gasteiger partial charge in [0.2, 0.25) is 5.91 Å². The van der Waals surface area contributed by atoms with Gasteiger partial charge in [-0.1, -0.05) is 6.42 Å². The van der Waals surface area contributed by atoms with Gasteiger partial charge in [-0.25, -0.2) is 0 Å². The first-order valence-electron chi connectivity index (χ1n) is 6.68. The molecule has 3 saturated carbocycles. The molecule has 0 heterocycles. The first-order chi connectivity index (χ1) is 8.13. The fourth-order valence-electron chi connectivity index (χ4n) is 2.89. The smallest absolute Gasteiger partial charge is 0.319 e. The first kappa shape index (κ1) is 11.1. The molecule has 17 heavy (non-hydrogen) atoms. The fourth-order valence-corrected chi connectivity index (χ4v) is 2.89. The molecule has 0 aromatic carbocycles. The number of carbonyl (C=O) groups is 2. The van der Waals surface area contributed by atoms with Crippen molar-refractivity contribution in [2.24, 2.45) is 17.3 Å². The average Bonchev–Trinajstić information content (AvgIpc) is 3.05. The molecule has 1 amide bonds. The predicted molar refractivity (Wildman–Crippen MR) is 61.3 cm³/mol. The van der Waals surface area contributed by atoms with E-state index in [1.54, 1.807) is 0 Å². The summed E-state index contributed by atoms with van der Waals surface area (Å²) in [6, 6.07) is 0.263. The van der Waals surface area contributed by atoms with Crippen LogP contribution in [-0.2, 0) is 9.59 Å². The van der Waals surface area contributed by atoms with Gasteiger partial charge < -0.3 is 10.4 Å². The van der Waals surface area contributed by atoms with Crippen LogP contribution in [0.15, 0.2) is 0 Å². The molecule has 0 aromatic rings. The van der Waals surface area contributed by atoms with Gasteiger partial charge in [0.1, 0.15) is 5.41 Å². The molecule has 3 aliphatic carbocycles. The zero-order valence-corrected chi connectivity index (χ0v) is 9.95. The summed E-state index contributed by atoms with van der Waals surface area (Å²) in [5.41, 5.74) is -1.10. The van der Waals surface area contributed by atoms with Crippen molar-refractivity contribution in [3.63, 3.8) is 0 Å². The van der Waals surface area contributed by atoms with E-state index in [0.717, 1.165) is 6.42 Å². The van der Waals surface area contributed by atoms with E-state index in [0.29, 0.717) is 24.7 Å². The van der Waals surface area contributed by atoms with Crippen LogP contribution in [0.5, 0.6) is 0 Å². The maximum atomic E-state index is 12.2.